The summed E-state index contributed by atoms with van der Waals surface area (Å²) >= 11 is 0. The number of hydrogen-bond donors (Lipinski definition) is 2. The molecule has 0 atom stereocenters. The monoisotopic (exact) mass is 267 g/mol. The number of aromatic nitrogens is 2. The smallest absolute Gasteiger partial charge is 0.258 e. The van der Waals surface area contributed by atoms with E-state index in [0.717, 1.165) is 11.1 Å². The molecule has 0 spiro atoms. The summed E-state index contributed by atoms with van der Waals surface area (Å²) in [6, 6.07) is 12.2. The first kappa shape index (κ1) is 12.2. The lowest BCUT2D eigenvalue weighted by Gasteiger charge is -2.01. The fraction of sp³-hybridized carbons (Fsp3) is 0.0667. The van der Waals surface area contributed by atoms with Gasteiger partial charge in [0.25, 0.3) is 5.89 Å². The first-order chi connectivity index (χ1) is 9.63. The van der Waals surface area contributed by atoms with Crippen molar-refractivity contribution in [3.63, 3.8) is 0 Å². The van der Waals surface area contributed by atoms with E-state index in [9.17, 15) is 5.11 Å². The normalized spacial score (nSPS) is 10.7. The standard InChI is InChI=1S/C15H13N3O2/c1-9-7-11(16)5-6-13(9)15-17-14(18-20-15)10-3-2-4-12(19)8-10/h2-8,19H,16H2,1H3. The Morgan fingerprint density at radius 3 is 2.75 bits per heavy atom. The van der Waals surface area contributed by atoms with Crippen LogP contribution in [0.4, 0.5) is 5.69 Å². The Morgan fingerprint density at radius 1 is 1.15 bits per heavy atom. The maximum atomic E-state index is 9.47. The molecule has 1 aromatic heterocycles. The summed E-state index contributed by atoms with van der Waals surface area (Å²) in [5, 5.41) is 13.4. The molecule has 3 N–H and O–H groups in total. The number of anilines is 1. The van der Waals surface area contributed by atoms with Crippen molar-refractivity contribution in [2.45, 2.75) is 6.92 Å². The van der Waals surface area contributed by atoms with Crippen LogP contribution in [0.25, 0.3) is 22.8 Å². The fourth-order valence-electron chi connectivity index (χ4n) is 2.02. The average Bonchev–Trinajstić information content (AvgIpc) is 2.88. The molecule has 0 aliphatic rings. The zero-order valence-corrected chi connectivity index (χ0v) is 10.9. The summed E-state index contributed by atoms with van der Waals surface area (Å²) in [6.07, 6.45) is 0. The molecule has 3 aromatic rings. The summed E-state index contributed by atoms with van der Waals surface area (Å²) in [5.74, 6) is 1.03. The molecule has 0 aliphatic carbocycles. The van der Waals surface area contributed by atoms with Crippen LogP contribution >= 0.6 is 0 Å². The molecule has 0 fully saturated rings. The van der Waals surface area contributed by atoms with Crippen LogP contribution in [0.5, 0.6) is 5.75 Å². The maximum absolute atomic E-state index is 9.47. The number of nitrogens with two attached hydrogens (primary N) is 1. The van der Waals surface area contributed by atoms with Crippen molar-refractivity contribution in [1.82, 2.24) is 10.1 Å². The molecule has 0 amide bonds. The van der Waals surface area contributed by atoms with Crippen LogP contribution in [0.15, 0.2) is 47.0 Å². The molecule has 0 unspecified atom stereocenters. The van der Waals surface area contributed by atoms with Gasteiger partial charge in [-0.15, -0.1) is 0 Å². The van der Waals surface area contributed by atoms with Crippen molar-refractivity contribution in [3.05, 3.63) is 48.0 Å². The van der Waals surface area contributed by atoms with Crippen molar-refractivity contribution in [2.75, 3.05) is 5.73 Å². The van der Waals surface area contributed by atoms with Gasteiger partial charge >= 0.3 is 0 Å². The van der Waals surface area contributed by atoms with Crippen molar-refractivity contribution >= 4 is 5.69 Å². The highest BCUT2D eigenvalue weighted by atomic mass is 16.5. The van der Waals surface area contributed by atoms with Crippen molar-refractivity contribution in [3.8, 4) is 28.6 Å². The van der Waals surface area contributed by atoms with Crippen molar-refractivity contribution < 1.29 is 9.63 Å². The molecule has 0 bridgehead atoms. The third-order valence-corrected chi connectivity index (χ3v) is 3.01. The van der Waals surface area contributed by atoms with Gasteiger partial charge in [-0.25, -0.2) is 0 Å². The van der Waals surface area contributed by atoms with Gasteiger partial charge in [0.15, 0.2) is 0 Å². The summed E-state index contributed by atoms with van der Waals surface area (Å²) in [6.45, 7) is 1.93. The van der Waals surface area contributed by atoms with E-state index >= 15 is 0 Å². The third-order valence-electron chi connectivity index (χ3n) is 3.01. The number of phenolic OH excluding ortho intramolecular Hbond substituents is 1. The van der Waals surface area contributed by atoms with Crippen LogP contribution in [0.2, 0.25) is 0 Å². The second-order valence-corrected chi connectivity index (χ2v) is 4.55. The molecule has 0 saturated heterocycles. The topological polar surface area (TPSA) is 85.2 Å². The Balaban J connectivity index is 2.02. The van der Waals surface area contributed by atoms with Crippen LogP contribution in [-0.4, -0.2) is 15.2 Å². The highest BCUT2D eigenvalue weighted by molar-refractivity contribution is 5.65. The number of nitrogens with zero attached hydrogens (tertiary/aromatic N) is 2. The SMILES string of the molecule is Cc1cc(N)ccc1-c1nc(-c2cccc(O)c2)no1. The van der Waals surface area contributed by atoms with E-state index < -0.39 is 0 Å². The third kappa shape index (κ3) is 2.21. The zero-order chi connectivity index (χ0) is 14.1. The van der Waals surface area contributed by atoms with E-state index in [4.69, 9.17) is 10.3 Å². The highest BCUT2D eigenvalue weighted by Crippen LogP contribution is 2.27. The average molecular weight is 267 g/mol. The molecule has 0 saturated carbocycles. The van der Waals surface area contributed by atoms with Crippen molar-refractivity contribution in [1.29, 1.82) is 0 Å². The molecule has 1 heterocycles. The van der Waals surface area contributed by atoms with Crippen LogP contribution in [-0.2, 0) is 0 Å². The molecule has 0 radical (unpaired) electrons. The number of benzene rings is 2. The fourth-order valence-corrected chi connectivity index (χ4v) is 2.02. The maximum Gasteiger partial charge on any atom is 0.258 e. The van der Waals surface area contributed by atoms with E-state index in [-0.39, 0.29) is 5.75 Å². The number of aromatic hydroxyl groups is 1. The predicted octanol–water partition coefficient (Wildman–Crippen LogP) is 3.00. The minimum atomic E-state index is 0.164. The van der Waals surface area contributed by atoms with Gasteiger partial charge in [0.05, 0.1) is 0 Å². The predicted molar refractivity (Wildman–Crippen MR) is 76.0 cm³/mol. The molecule has 0 aliphatic heterocycles. The van der Waals surface area contributed by atoms with E-state index in [0.29, 0.717) is 23.0 Å². The number of rotatable bonds is 2. The lowest BCUT2D eigenvalue weighted by Crippen LogP contribution is -1.88. The first-order valence-electron chi connectivity index (χ1n) is 6.13. The Labute approximate surface area is 115 Å². The number of aryl methyl sites for hydroxylation is 1. The van der Waals surface area contributed by atoms with Gasteiger partial charge in [0.1, 0.15) is 5.75 Å². The Bertz CT molecular complexity index is 765. The minimum Gasteiger partial charge on any atom is -0.508 e. The Hall–Kier alpha value is -2.82. The number of nitrogen functional groups attached to an aromatic ring is 1. The summed E-state index contributed by atoms with van der Waals surface area (Å²) < 4.78 is 5.28. The van der Waals surface area contributed by atoms with Crippen LogP contribution < -0.4 is 5.73 Å². The summed E-state index contributed by atoms with van der Waals surface area (Å²) in [7, 11) is 0. The van der Waals surface area contributed by atoms with Crippen LogP contribution in [0, 0.1) is 6.92 Å². The van der Waals surface area contributed by atoms with Gasteiger partial charge in [-0.05, 0) is 42.8 Å². The summed E-state index contributed by atoms with van der Waals surface area (Å²) in [5.41, 5.74) is 8.93. The summed E-state index contributed by atoms with van der Waals surface area (Å²) in [4.78, 5) is 4.35. The molecule has 3 rings (SSSR count). The van der Waals surface area contributed by atoms with E-state index in [1.165, 1.54) is 0 Å². The van der Waals surface area contributed by atoms with E-state index in [1.54, 1.807) is 24.3 Å². The van der Waals surface area contributed by atoms with Gasteiger partial charge in [-0.3, -0.25) is 0 Å². The zero-order valence-electron chi connectivity index (χ0n) is 10.9. The molecular weight excluding hydrogens is 254 g/mol. The molecule has 5 nitrogen and oxygen atoms in total. The van der Waals surface area contributed by atoms with Gasteiger partial charge in [-0.1, -0.05) is 17.3 Å². The minimum absolute atomic E-state index is 0.164. The van der Waals surface area contributed by atoms with Gasteiger partial charge in [-0.2, -0.15) is 4.98 Å². The molecule has 2 aromatic carbocycles. The highest BCUT2D eigenvalue weighted by Gasteiger charge is 2.12. The van der Waals surface area contributed by atoms with Crippen LogP contribution in [0.3, 0.4) is 0 Å². The molecule has 5 heteroatoms. The van der Waals surface area contributed by atoms with Crippen molar-refractivity contribution in [2.24, 2.45) is 0 Å². The number of phenols is 1. The van der Waals surface area contributed by atoms with Gasteiger partial charge in [0, 0.05) is 16.8 Å². The first-order valence-corrected chi connectivity index (χ1v) is 6.13. The Kier molecular flexibility index (Phi) is 2.87. The molecular formula is C15H13N3O2. The second-order valence-electron chi connectivity index (χ2n) is 4.55. The van der Waals surface area contributed by atoms with Crippen LogP contribution in [0.1, 0.15) is 5.56 Å². The number of hydrogen-bond acceptors (Lipinski definition) is 5. The van der Waals surface area contributed by atoms with E-state index in [1.807, 2.05) is 25.1 Å². The quantitative estimate of drug-likeness (QED) is 0.697. The molecule has 100 valence electrons. The van der Waals surface area contributed by atoms with E-state index in [2.05, 4.69) is 10.1 Å². The second kappa shape index (κ2) is 4.70. The lowest BCUT2D eigenvalue weighted by atomic mass is 10.1. The molecule has 20 heavy (non-hydrogen) atoms. The lowest BCUT2D eigenvalue weighted by molar-refractivity contribution is 0.432. The largest absolute Gasteiger partial charge is 0.508 e. The van der Waals surface area contributed by atoms with Gasteiger partial charge in [0.2, 0.25) is 5.82 Å². The Morgan fingerprint density at radius 2 is 2.00 bits per heavy atom. The van der Waals surface area contributed by atoms with Gasteiger partial charge < -0.3 is 15.4 Å².